The van der Waals surface area contributed by atoms with Crippen molar-refractivity contribution in [3.05, 3.63) is 94.3 Å². The van der Waals surface area contributed by atoms with Crippen LogP contribution in [0.3, 0.4) is 0 Å². The van der Waals surface area contributed by atoms with Crippen LogP contribution in [0.5, 0.6) is 11.5 Å². The molecular weight excluding hydrogens is 445 g/mol. The Kier molecular flexibility index (Phi) is 8.03. The minimum atomic E-state index is -0.897. The van der Waals surface area contributed by atoms with Crippen LogP contribution in [0.25, 0.3) is 0 Å². The molecule has 35 heavy (non-hydrogen) atoms. The lowest BCUT2D eigenvalue weighted by atomic mass is 9.82. The first-order valence-electron chi connectivity index (χ1n) is 12.1. The Morgan fingerprint density at radius 2 is 1.97 bits per heavy atom. The summed E-state index contributed by atoms with van der Waals surface area (Å²) in [5.41, 5.74) is 4.28. The summed E-state index contributed by atoms with van der Waals surface area (Å²) in [7, 11) is 1.47. The number of para-hydroxylation sites is 1. The normalized spacial score (nSPS) is 16.9. The van der Waals surface area contributed by atoms with E-state index >= 15 is 0 Å². The highest BCUT2D eigenvalue weighted by Gasteiger charge is 2.29. The van der Waals surface area contributed by atoms with Crippen LogP contribution in [-0.4, -0.2) is 37.4 Å². The summed E-state index contributed by atoms with van der Waals surface area (Å²) in [6, 6.07) is 18.8. The number of fused-ring (bicyclic) bond motifs is 1. The molecule has 4 rings (SSSR count). The van der Waals surface area contributed by atoms with Crippen molar-refractivity contribution < 1.29 is 23.8 Å². The molecule has 2 atom stereocenters. The number of carboxylic acids is 1. The number of aromatic carboxylic acids is 1. The lowest BCUT2D eigenvalue weighted by Gasteiger charge is -2.33. The number of hydrogen-bond acceptors (Lipinski definition) is 4. The molecule has 5 nitrogen and oxygen atoms in total. The molecule has 0 saturated carbocycles. The number of hydrogen-bond donors (Lipinski definition) is 2. The summed E-state index contributed by atoms with van der Waals surface area (Å²) < 4.78 is 24.9. The van der Waals surface area contributed by atoms with Crippen molar-refractivity contribution in [2.75, 3.05) is 20.2 Å². The molecule has 2 unspecified atom stereocenters. The van der Waals surface area contributed by atoms with Crippen molar-refractivity contribution in [2.24, 2.45) is 0 Å². The smallest absolute Gasteiger partial charge is 0.335 e. The van der Waals surface area contributed by atoms with Crippen molar-refractivity contribution in [3.8, 4) is 11.5 Å². The van der Waals surface area contributed by atoms with E-state index in [1.807, 2.05) is 43.3 Å². The van der Waals surface area contributed by atoms with Gasteiger partial charge in [-0.25, -0.2) is 9.18 Å². The predicted octanol–water partition coefficient (Wildman–Crippen LogP) is 5.74. The molecule has 1 aliphatic rings. The number of methoxy groups -OCH3 is 1. The van der Waals surface area contributed by atoms with E-state index < -0.39 is 5.97 Å². The molecule has 3 aromatic carbocycles. The van der Waals surface area contributed by atoms with Crippen molar-refractivity contribution in [1.29, 1.82) is 0 Å². The first-order chi connectivity index (χ1) is 17.0. The number of rotatable bonds is 10. The second-order valence-electron chi connectivity index (χ2n) is 9.06. The Morgan fingerprint density at radius 3 is 2.77 bits per heavy atom. The Bertz CT molecular complexity index is 1180. The van der Waals surface area contributed by atoms with Gasteiger partial charge in [-0.3, -0.25) is 0 Å². The molecule has 0 bridgehead atoms. The van der Waals surface area contributed by atoms with Crippen LogP contribution in [0.15, 0.2) is 60.7 Å². The second kappa shape index (κ2) is 11.4. The van der Waals surface area contributed by atoms with Gasteiger partial charge in [-0.05, 0) is 86.7 Å². The maximum atomic E-state index is 13.6. The number of carboxylic acid groups (broad SMARTS) is 1. The minimum Gasteiger partial charge on any atom is -0.494 e. The summed E-state index contributed by atoms with van der Waals surface area (Å²) in [6.07, 6.45) is 3.54. The van der Waals surface area contributed by atoms with Crippen LogP contribution in [0, 0.1) is 12.7 Å². The van der Waals surface area contributed by atoms with Crippen LogP contribution >= 0.6 is 0 Å². The lowest BCUT2D eigenvalue weighted by Crippen LogP contribution is -2.28. The zero-order chi connectivity index (χ0) is 24.8. The van der Waals surface area contributed by atoms with Gasteiger partial charge in [0.15, 0.2) is 11.6 Å². The number of ether oxygens (including phenoxy) is 2. The number of carbonyl (C=O) groups is 1. The van der Waals surface area contributed by atoms with Gasteiger partial charge in [0.25, 0.3) is 0 Å². The average Bonchev–Trinajstić information content (AvgIpc) is 2.86. The molecule has 1 heterocycles. The molecule has 0 spiro atoms. The minimum absolute atomic E-state index is 0.0626. The SMILES string of the molecule is COc1cc(CCNCCCC2CC(c3ccc(C)c(C(=O)O)c3)c3ccccc3O2)ccc1F. The Hall–Kier alpha value is -3.38. The standard InChI is InChI=1S/C29H32FNO4/c1-19-9-11-21(17-24(19)29(32)33)25-18-22(35-27-8-4-3-7-23(25)27)6-5-14-31-15-13-20-10-12-26(30)28(16-20)34-2/h3-4,7-12,16-17,22,25,31H,5-6,13-15,18H2,1-2H3,(H,32,33). The lowest BCUT2D eigenvalue weighted by molar-refractivity contribution is 0.0696. The van der Waals surface area contributed by atoms with Gasteiger partial charge in [-0.15, -0.1) is 0 Å². The molecule has 0 amide bonds. The molecule has 0 aliphatic carbocycles. The molecule has 0 radical (unpaired) electrons. The number of halogens is 1. The van der Waals surface area contributed by atoms with Gasteiger partial charge in [0, 0.05) is 11.5 Å². The number of benzene rings is 3. The van der Waals surface area contributed by atoms with Gasteiger partial charge in [-0.2, -0.15) is 0 Å². The first-order valence-corrected chi connectivity index (χ1v) is 12.1. The second-order valence-corrected chi connectivity index (χ2v) is 9.06. The summed E-state index contributed by atoms with van der Waals surface area (Å²) in [6.45, 7) is 3.48. The Balaban J connectivity index is 1.33. The van der Waals surface area contributed by atoms with Gasteiger partial charge in [0.05, 0.1) is 18.8 Å². The van der Waals surface area contributed by atoms with Crippen molar-refractivity contribution in [2.45, 2.75) is 44.6 Å². The van der Waals surface area contributed by atoms with E-state index in [-0.39, 0.29) is 23.6 Å². The third kappa shape index (κ3) is 6.01. The van der Waals surface area contributed by atoms with Crippen LogP contribution in [0.1, 0.15) is 57.8 Å². The predicted molar refractivity (Wildman–Crippen MR) is 134 cm³/mol. The van der Waals surface area contributed by atoms with E-state index in [9.17, 15) is 14.3 Å². The van der Waals surface area contributed by atoms with E-state index in [1.54, 1.807) is 12.1 Å². The van der Waals surface area contributed by atoms with E-state index in [1.165, 1.54) is 13.2 Å². The van der Waals surface area contributed by atoms with E-state index in [4.69, 9.17) is 9.47 Å². The number of nitrogens with one attached hydrogen (secondary N) is 1. The highest BCUT2D eigenvalue weighted by Crippen LogP contribution is 2.41. The molecule has 0 aromatic heterocycles. The first kappa shape index (κ1) is 24.7. The monoisotopic (exact) mass is 477 g/mol. The van der Waals surface area contributed by atoms with Gasteiger partial charge >= 0.3 is 5.97 Å². The molecule has 1 aliphatic heterocycles. The van der Waals surface area contributed by atoms with Gasteiger partial charge in [-0.1, -0.05) is 36.4 Å². The largest absolute Gasteiger partial charge is 0.494 e. The van der Waals surface area contributed by atoms with Gasteiger partial charge in [0.1, 0.15) is 5.75 Å². The van der Waals surface area contributed by atoms with Crippen LogP contribution in [0.2, 0.25) is 0 Å². The fraction of sp³-hybridized carbons (Fsp3) is 0.345. The van der Waals surface area contributed by atoms with Crippen LogP contribution in [-0.2, 0) is 6.42 Å². The highest BCUT2D eigenvalue weighted by atomic mass is 19.1. The quantitative estimate of drug-likeness (QED) is 0.365. The van der Waals surface area contributed by atoms with Crippen LogP contribution in [0.4, 0.5) is 4.39 Å². The molecule has 6 heteroatoms. The molecule has 2 N–H and O–H groups in total. The van der Waals surface area contributed by atoms with E-state index in [0.717, 1.165) is 66.8 Å². The summed E-state index contributed by atoms with van der Waals surface area (Å²) in [5, 5.41) is 13.0. The zero-order valence-corrected chi connectivity index (χ0v) is 20.2. The topological polar surface area (TPSA) is 67.8 Å². The molecule has 0 fully saturated rings. The molecular formula is C29H32FNO4. The summed E-state index contributed by atoms with van der Waals surface area (Å²) in [4.78, 5) is 11.7. The van der Waals surface area contributed by atoms with E-state index in [2.05, 4.69) is 11.4 Å². The third-order valence-electron chi connectivity index (χ3n) is 6.67. The Labute approximate surface area is 205 Å². The fourth-order valence-corrected chi connectivity index (χ4v) is 4.74. The molecule has 184 valence electrons. The number of aryl methyl sites for hydroxylation is 1. The highest BCUT2D eigenvalue weighted by molar-refractivity contribution is 5.89. The zero-order valence-electron chi connectivity index (χ0n) is 20.2. The van der Waals surface area contributed by atoms with Gasteiger partial charge < -0.3 is 19.9 Å². The molecule has 3 aromatic rings. The van der Waals surface area contributed by atoms with Gasteiger partial charge in [0.2, 0.25) is 0 Å². The van der Waals surface area contributed by atoms with Crippen molar-refractivity contribution >= 4 is 5.97 Å². The maximum absolute atomic E-state index is 13.6. The summed E-state index contributed by atoms with van der Waals surface area (Å²) >= 11 is 0. The third-order valence-corrected chi connectivity index (χ3v) is 6.67. The average molecular weight is 478 g/mol. The summed E-state index contributed by atoms with van der Waals surface area (Å²) in [5.74, 6) is 0.0121. The maximum Gasteiger partial charge on any atom is 0.335 e. The van der Waals surface area contributed by atoms with E-state index in [0.29, 0.717) is 5.56 Å². The Morgan fingerprint density at radius 1 is 1.14 bits per heavy atom. The fourth-order valence-electron chi connectivity index (χ4n) is 4.74. The molecule has 0 saturated heterocycles. The van der Waals surface area contributed by atoms with Crippen molar-refractivity contribution in [1.82, 2.24) is 5.32 Å². The van der Waals surface area contributed by atoms with Crippen molar-refractivity contribution in [3.63, 3.8) is 0 Å². The van der Waals surface area contributed by atoms with Crippen LogP contribution < -0.4 is 14.8 Å².